The molecule has 0 radical (unpaired) electrons. The van der Waals surface area contributed by atoms with E-state index < -0.39 is 0 Å². The smallest absolute Gasteiger partial charge is 0.228 e. The number of nitrogens with one attached hydrogen (secondary N) is 2. The van der Waals surface area contributed by atoms with E-state index in [0.29, 0.717) is 19.1 Å². The van der Waals surface area contributed by atoms with Crippen molar-refractivity contribution in [3.63, 3.8) is 0 Å². The molecule has 2 N–H and O–H groups in total. The van der Waals surface area contributed by atoms with Crippen LogP contribution in [0.4, 0.5) is 0 Å². The second-order valence-corrected chi connectivity index (χ2v) is 5.80. The summed E-state index contributed by atoms with van der Waals surface area (Å²) in [6.07, 6.45) is 4.32. The Kier molecular flexibility index (Phi) is 2.86. The van der Waals surface area contributed by atoms with Crippen LogP contribution in [0.25, 0.3) is 16.5 Å². The molecular formula is C17H19N3O. The van der Waals surface area contributed by atoms with E-state index in [2.05, 4.69) is 51.7 Å². The van der Waals surface area contributed by atoms with Gasteiger partial charge in [-0.05, 0) is 18.6 Å². The third-order valence-corrected chi connectivity index (χ3v) is 4.51. The van der Waals surface area contributed by atoms with Crippen LogP contribution in [0.5, 0.6) is 0 Å². The Morgan fingerprint density at radius 2 is 2.33 bits per heavy atom. The van der Waals surface area contributed by atoms with E-state index in [9.17, 15) is 4.79 Å². The third kappa shape index (κ3) is 1.90. The number of carbonyl (C=O) groups is 1. The average Bonchev–Trinajstić information content (AvgIpc) is 2.92. The third-order valence-electron chi connectivity index (χ3n) is 4.51. The summed E-state index contributed by atoms with van der Waals surface area (Å²) in [7, 11) is 0. The monoisotopic (exact) mass is 281 g/mol. The number of amides is 1. The van der Waals surface area contributed by atoms with Crippen molar-refractivity contribution < 1.29 is 4.79 Å². The minimum absolute atomic E-state index is 0.0760. The molecule has 0 bridgehead atoms. The summed E-state index contributed by atoms with van der Waals surface area (Å²) in [6.45, 7) is 4.29. The van der Waals surface area contributed by atoms with Crippen molar-refractivity contribution >= 4 is 22.4 Å². The Labute approximate surface area is 123 Å². The van der Waals surface area contributed by atoms with Gasteiger partial charge in [0.15, 0.2) is 0 Å². The van der Waals surface area contributed by atoms with Crippen molar-refractivity contribution in [2.75, 3.05) is 13.1 Å². The van der Waals surface area contributed by atoms with Crippen LogP contribution < -0.4 is 10.6 Å². The second kappa shape index (κ2) is 4.74. The molecule has 0 aliphatic carbocycles. The summed E-state index contributed by atoms with van der Waals surface area (Å²) < 4.78 is 2.31. The number of benzene rings is 1. The highest BCUT2D eigenvalue weighted by Crippen LogP contribution is 2.35. The highest BCUT2D eigenvalue weighted by atomic mass is 16.1. The van der Waals surface area contributed by atoms with Crippen LogP contribution in [0, 0.1) is 5.92 Å². The molecule has 0 unspecified atom stereocenters. The lowest BCUT2D eigenvalue weighted by molar-refractivity contribution is -0.123. The number of rotatable bonds is 2. The Hall–Kier alpha value is -2.07. The van der Waals surface area contributed by atoms with Crippen LogP contribution >= 0.6 is 0 Å². The average molecular weight is 281 g/mol. The fraction of sp³-hybridized carbons (Fsp3) is 0.353. The number of aromatic nitrogens is 1. The van der Waals surface area contributed by atoms with Crippen molar-refractivity contribution in [2.45, 2.75) is 19.5 Å². The van der Waals surface area contributed by atoms with Gasteiger partial charge in [0.25, 0.3) is 0 Å². The molecule has 1 aromatic carbocycles. The van der Waals surface area contributed by atoms with E-state index in [4.69, 9.17) is 0 Å². The van der Waals surface area contributed by atoms with Gasteiger partial charge < -0.3 is 15.2 Å². The van der Waals surface area contributed by atoms with Gasteiger partial charge in [0, 0.05) is 36.8 Å². The van der Waals surface area contributed by atoms with E-state index in [0.717, 1.165) is 6.54 Å². The summed E-state index contributed by atoms with van der Waals surface area (Å²) >= 11 is 0. The van der Waals surface area contributed by atoms with Crippen LogP contribution in [-0.2, 0) is 11.3 Å². The molecule has 4 nitrogen and oxygen atoms in total. The molecule has 108 valence electrons. The zero-order valence-corrected chi connectivity index (χ0v) is 12.1. The SMILES string of the molecule is CCNC(=O)[C@@H]1C=C2c3cccc4ccn(c34)C[C@@H]2NC1. The largest absolute Gasteiger partial charge is 0.356 e. The first-order valence-electron chi connectivity index (χ1n) is 7.59. The molecule has 2 aliphatic rings. The minimum atomic E-state index is -0.0760. The molecule has 4 rings (SSSR count). The van der Waals surface area contributed by atoms with Crippen LogP contribution in [0.15, 0.2) is 36.5 Å². The van der Waals surface area contributed by atoms with Gasteiger partial charge in [0.1, 0.15) is 0 Å². The zero-order valence-electron chi connectivity index (χ0n) is 12.1. The fourth-order valence-electron chi connectivity index (χ4n) is 3.53. The maximum absolute atomic E-state index is 12.1. The lowest BCUT2D eigenvalue weighted by Crippen LogP contribution is -2.46. The first-order valence-corrected chi connectivity index (χ1v) is 7.59. The van der Waals surface area contributed by atoms with Crippen LogP contribution in [0.1, 0.15) is 12.5 Å². The van der Waals surface area contributed by atoms with Gasteiger partial charge in [-0.15, -0.1) is 0 Å². The normalized spacial score (nSPS) is 23.6. The molecule has 2 atom stereocenters. The quantitative estimate of drug-likeness (QED) is 0.881. The molecule has 0 saturated heterocycles. The molecule has 2 aromatic rings. The molecule has 0 saturated carbocycles. The topological polar surface area (TPSA) is 46.1 Å². The minimum Gasteiger partial charge on any atom is -0.356 e. The molecule has 1 amide bonds. The first kappa shape index (κ1) is 12.7. The van der Waals surface area contributed by atoms with Gasteiger partial charge in [0.2, 0.25) is 5.91 Å². The highest BCUT2D eigenvalue weighted by Gasteiger charge is 2.31. The van der Waals surface area contributed by atoms with E-state index in [1.54, 1.807) is 0 Å². The van der Waals surface area contributed by atoms with Crippen LogP contribution in [-0.4, -0.2) is 29.6 Å². The molecular weight excluding hydrogens is 262 g/mol. The Bertz CT molecular complexity index is 744. The predicted octanol–water partition coefficient (Wildman–Crippen LogP) is 1.76. The molecule has 1 aromatic heterocycles. The van der Waals surface area contributed by atoms with Gasteiger partial charge >= 0.3 is 0 Å². The predicted molar refractivity (Wildman–Crippen MR) is 83.9 cm³/mol. The molecule has 3 heterocycles. The van der Waals surface area contributed by atoms with Gasteiger partial charge in [-0.2, -0.15) is 0 Å². The zero-order chi connectivity index (χ0) is 14.4. The summed E-state index contributed by atoms with van der Waals surface area (Å²) in [6, 6.07) is 8.88. The summed E-state index contributed by atoms with van der Waals surface area (Å²) in [5.74, 6) is 0.0389. The van der Waals surface area contributed by atoms with E-state index in [1.165, 1.54) is 22.0 Å². The Morgan fingerprint density at radius 1 is 1.43 bits per heavy atom. The maximum atomic E-state index is 12.1. The number of carbonyl (C=O) groups excluding carboxylic acids is 1. The number of fused-ring (bicyclic) bond motifs is 2. The molecule has 0 fully saturated rings. The summed E-state index contributed by atoms with van der Waals surface area (Å²) in [5.41, 5.74) is 3.82. The van der Waals surface area contributed by atoms with Crippen molar-refractivity contribution in [1.82, 2.24) is 15.2 Å². The summed E-state index contributed by atoms with van der Waals surface area (Å²) in [5, 5.41) is 7.73. The lowest BCUT2D eigenvalue weighted by Gasteiger charge is -2.34. The van der Waals surface area contributed by atoms with Crippen LogP contribution in [0.2, 0.25) is 0 Å². The standard InChI is InChI=1S/C17H19N3O/c1-2-18-17(21)12-8-14-13-5-3-4-11-6-7-20(16(11)13)10-15(14)19-9-12/h3-8,12,15,19H,2,9-10H2,1H3,(H,18,21)/t12-,15+/m1/s1. The van der Waals surface area contributed by atoms with Gasteiger partial charge in [-0.1, -0.05) is 24.3 Å². The van der Waals surface area contributed by atoms with Crippen molar-refractivity contribution in [3.8, 4) is 0 Å². The summed E-state index contributed by atoms with van der Waals surface area (Å²) in [4.78, 5) is 12.1. The van der Waals surface area contributed by atoms with E-state index in [-0.39, 0.29) is 11.8 Å². The van der Waals surface area contributed by atoms with E-state index in [1.807, 2.05) is 6.92 Å². The molecule has 2 aliphatic heterocycles. The Balaban J connectivity index is 1.81. The van der Waals surface area contributed by atoms with Crippen molar-refractivity contribution in [3.05, 3.63) is 42.1 Å². The highest BCUT2D eigenvalue weighted by molar-refractivity contribution is 5.96. The second-order valence-electron chi connectivity index (χ2n) is 5.80. The fourth-order valence-corrected chi connectivity index (χ4v) is 3.53. The number of hydrogen-bond donors (Lipinski definition) is 2. The van der Waals surface area contributed by atoms with Gasteiger partial charge in [0.05, 0.1) is 17.5 Å². The van der Waals surface area contributed by atoms with Gasteiger partial charge in [-0.3, -0.25) is 4.79 Å². The van der Waals surface area contributed by atoms with Crippen LogP contribution in [0.3, 0.4) is 0 Å². The molecule has 4 heteroatoms. The Morgan fingerprint density at radius 3 is 3.19 bits per heavy atom. The van der Waals surface area contributed by atoms with E-state index >= 15 is 0 Å². The first-order chi connectivity index (χ1) is 10.3. The number of nitrogens with zero attached hydrogens (tertiary/aromatic N) is 1. The maximum Gasteiger partial charge on any atom is 0.228 e. The number of hydrogen-bond acceptors (Lipinski definition) is 2. The van der Waals surface area contributed by atoms with Crippen molar-refractivity contribution in [2.24, 2.45) is 5.92 Å². The van der Waals surface area contributed by atoms with Gasteiger partial charge in [-0.25, -0.2) is 0 Å². The lowest BCUT2D eigenvalue weighted by atomic mass is 9.87. The molecule has 21 heavy (non-hydrogen) atoms. The van der Waals surface area contributed by atoms with Crippen molar-refractivity contribution in [1.29, 1.82) is 0 Å². The number of para-hydroxylation sites is 1. The molecule has 0 spiro atoms.